The Labute approximate surface area is 98.6 Å². The van der Waals surface area contributed by atoms with E-state index in [2.05, 4.69) is 4.98 Å². The van der Waals surface area contributed by atoms with Crippen LogP contribution in [0.1, 0.15) is 21.1 Å². The standard InChI is InChI=1S/C12H14N2OS/c1-8-11(16-12(7-13)14-8)6-9-3-2-4-10(15)5-9/h2-5,15H,6-7,13H2,1H3. The van der Waals surface area contributed by atoms with Crippen molar-refractivity contribution in [2.45, 2.75) is 19.9 Å². The maximum atomic E-state index is 9.38. The maximum Gasteiger partial charge on any atom is 0.115 e. The first-order valence-corrected chi connectivity index (χ1v) is 5.94. The highest BCUT2D eigenvalue weighted by Gasteiger charge is 2.07. The number of phenolic OH excluding ortho intramolecular Hbond substituents is 1. The fourth-order valence-electron chi connectivity index (χ4n) is 1.59. The summed E-state index contributed by atoms with van der Waals surface area (Å²) in [6.07, 6.45) is 0.803. The molecular weight excluding hydrogens is 220 g/mol. The van der Waals surface area contributed by atoms with Gasteiger partial charge in [-0.1, -0.05) is 12.1 Å². The summed E-state index contributed by atoms with van der Waals surface area (Å²) >= 11 is 1.64. The van der Waals surface area contributed by atoms with E-state index in [0.29, 0.717) is 12.3 Å². The summed E-state index contributed by atoms with van der Waals surface area (Å²) in [5, 5.41) is 10.3. The average molecular weight is 234 g/mol. The molecular formula is C12H14N2OS. The molecule has 0 aliphatic carbocycles. The summed E-state index contributed by atoms with van der Waals surface area (Å²) in [6.45, 7) is 2.49. The van der Waals surface area contributed by atoms with Gasteiger partial charge in [0.1, 0.15) is 10.8 Å². The van der Waals surface area contributed by atoms with Gasteiger partial charge in [-0.15, -0.1) is 11.3 Å². The van der Waals surface area contributed by atoms with E-state index < -0.39 is 0 Å². The molecule has 0 radical (unpaired) electrons. The highest BCUT2D eigenvalue weighted by atomic mass is 32.1. The van der Waals surface area contributed by atoms with Crippen molar-refractivity contribution >= 4 is 11.3 Å². The second-order valence-corrected chi connectivity index (χ2v) is 4.84. The number of aryl methyl sites for hydroxylation is 1. The third-order valence-electron chi connectivity index (χ3n) is 2.39. The van der Waals surface area contributed by atoms with Gasteiger partial charge in [-0.05, 0) is 24.6 Å². The van der Waals surface area contributed by atoms with Crippen LogP contribution in [0.25, 0.3) is 0 Å². The molecule has 0 aliphatic rings. The molecule has 3 nitrogen and oxygen atoms in total. The van der Waals surface area contributed by atoms with Crippen molar-refractivity contribution < 1.29 is 5.11 Å². The summed E-state index contributed by atoms with van der Waals surface area (Å²) in [4.78, 5) is 5.59. The average Bonchev–Trinajstić information content (AvgIpc) is 2.60. The van der Waals surface area contributed by atoms with Crippen molar-refractivity contribution in [3.8, 4) is 5.75 Å². The van der Waals surface area contributed by atoms with Gasteiger partial charge in [-0.25, -0.2) is 4.98 Å². The van der Waals surface area contributed by atoms with Crippen LogP contribution in [-0.2, 0) is 13.0 Å². The molecule has 0 atom stereocenters. The Hall–Kier alpha value is -1.39. The largest absolute Gasteiger partial charge is 0.508 e. The van der Waals surface area contributed by atoms with E-state index in [0.717, 1.165) is 22.7 Å². The minimum atomic E-state index is 0.304. The molecule has 0 bridgehead atoms. The zero-order valence-corrected chi connectivity index (χ0v) is 9.92. The van der Waals surface area contributed by atoms with E-state index in [4.69, 9.17) is 5.73 Å². The molecule has 0 saturated heterocycles. The molecule has 0 fully saturated rings. The molecule has 2 aromatic rings. The predicted octanol–water partition coefficient (Wildman–Crippen LogP) is 2.21. The van der Waals surface area contributed by atoms with Crippen molar-refractivity contribution in [2.75, 3.05) is 0 Å². The molecule has 3 N–H and O–H groups in total. The maximum absolute atomic E-state index is 9.38. The van der Waals surface area contributed by atoms with Crippen LogP contribution in [0.15, 0.2) is 24.3 Å². The smallest absolute Gasteiger partial charge is 0.115 e. The topological polar surface area (TPSA) is 59.1 Å². The molecule has 2 rings (SSSR count). The number of nitrogens with zero attached hydrogens (tertiary/aromatic N) is 1. The van der Waals surface area contributed by atoms with Crippen LogP contribution in [0.4, 0.5) is 0 Å². The molecule has 84 valence electrons. The first kappa shape index (κ1) is 11.1. The second kappa shape index (κ2) is 4.63. The van der Waals surface area contributed by atoms with E-state index in [-0.39, 0.29) is 0 Å². The Bertz CT molecular complexity index is 494. The number of hydrogen-bond acceptors (Lipinski definition) is 4. The van der Waals surface area contributed by atoms with Gasteiger partial charge in [-0.2, -0.15) is 0 Å². The number of nitrogens with two attached hydrogens (primary N) is 1. The van der Waals surface area contributed by atoms with Crippen molar-refractivity contribution in [2.24, 2.45) is 5.73 Å². The monoisotopic (exact) mass is 234 g/mol. The van der Waals surface area contributed by atoms with Crippen LogP contribution < -0.4 is 5.73 Å². The van der Waals surface area contributed by atoms with Crippen LogP contribution >= 0.6 is 11.3 Å². The second-order valence-electron chi connectivity index (χ2n) is 3.67. The number of rotatable bonds is 3. The fourth-order valence-corrected chi connectivity index (χ4v) is 2.57. The quantitative estimate of drug-likeness (QED) is 0.856. The van der Waals surface area contributed by atoms with Crippen LogP contribution in [0.3, 0.4) is 0 Å². The Kier molecular flexibility index (Phi) is 3.22. The van der Waals surface area contributed by atoms with Crippen LogP contribution in [0.2, 0.25) is 0 Å². The number of thiazole rings is 1. The first-order valence-electron chi connectivity index (χ1n) is 5.12. The molecule has 0 amide bonds. The third kappa shape index (κ3) is 2.40. The van der Waals surface area contributed by atoms with Gasteiger partial charge >= 0.3 is 0 Å². The molecule has 0 saturated carbocycles. The number of hydrogen-bond donors (Lipinski definition) is 2. The van der Waals surface area contributed by atoms with Gasteiger partial charge in [0.15, 0.2) is 0 Å². The van der Waals surface area contributed by atoms with E-state index in [1.54, 1.807) is 23.5 Å². The van der Waals surface area contributed by atoms with Crippen molar-refractivity contribution in [3.63, 3.8) is 0 Å². The Morgan fingerprint density at radius 2 is 2.25 bits per heavy atom. The van der Waals surface area contributed by atoms with E-state index in [1.807, 2.05) is 19.1 Å². The highest BCUT2D eigenvalue weighted by molar-refractivity contribution is 7.11. The summed E-state index contributed by atoms with van der Waals surface area (Å²) in [5.41, 5.74) is 7.69. The minimum Gasteiger partial charge on any atom is -0.508 e. The van der Waals surface area contributed by atoms with Crippen LogP contribution in [0.5, 0.6) is 5.75 Å². The number of aromatic nitrogens is 1. The SMILES string of the molecule is Cc1nc(CN)sc1Cc1cccc(O)c1. The molecule has 0 aliphatic heterocycles. The normalized spacial score (nSPS) is 10.6. The lowest BCUT2D eigenvalue weighted by Crippen LogP contribution is -1.94. The van der Waals surface area contributed by atoms with E-state index >= 15 is 0 Å². The summed E-state index contributed by atoms with van der Waals surface area (Å²) in [5.74, 6) is 0.304. The van der Waals surface area contributed by atoms with Crippen LogP contribution in [0, 0.1) is 6.92 Å². The van der Waals surface area contributed by atoms with Crippen molar-refractivity contribution in [1.29, 1.82) is 0 Å². The zero-order valence-electron chi connectivity index (χ0n) is 9.10. The Morgan fingerprint density at radius 3 is 2.88 bits per heavy atom. The van der Waals surface area contributed by atoms with Gasteiger partial charge < -0.3 is 10.8 Å². The Balaban J connectivity index is 2.23. The summed E-state index contributed by atoms with van der Waals surface area (Å²) in [7, 11) is 0. The highest BCUT2D eigenvalue weighted by Crippen LogP contribution is 2.22. The molecule has 1 heterocycles. The number of benzene rings is 1. The van der Waals surface area contributed by atoms with E-state index in [9.17, 15) is 5.11 Å². The number of phenols is 1. The van der Waals surface area contributed by atoms with Gasteiger partial charge in [0.05, 0.1) is 5.69 Å². The molecule has 4 heteroatoms. The number of aromatic hydroxyl groups is 1. The lowest BCUT2D eigenvalue weighted by Gasteiger charge is -2.00. The molecule has 1 aromatic carbocycles. The van der Waals surface area contributed by atoms with Crippen molar-refractivity contribution in [1.82, 2.24) is 4.98 Å². The van der Waals surface area contributed by atoms with Crippen molar-refractivity contribution in [3.05, 3.63) is 45.4 Å². The lowest BCUT2D eigenvalue weighted by molar-refractivity contribution is 0.474. The van der Waals surface area contributed by atoms with Gasteiger partial charge in [0.25, 0.3) is 0 Å². The third-order valence-corrected chi connectivity index (χ3v) is 3.57. The van der Waals surface area contributed by atoms with Gasteiger partial charge in [-0.3, -0.25) is 0 Å². The Morgan fingerprint density at radius 1 is 1.44 bits per heavy atom. The van der Waals surface area contributed by atoms with E-state index in [1.165, 1.54) is 4.88 Å². The van der Waals surface area contributed by atoms with Gasteiger partial charge in [0, 0.05) is 17.8 Å². The van der Waals surface area contributed by atoms with Gasteiger partial charge in [0.2, 0.25) is 0 Å². The predicted molar refractivity (Wildman–Crippen MR) is 65.7 cm³/mol. The lowest BCUT2D eigenvalue weighted by atomic mass is 10.1. The first-order chi connectivity index (χ1) is 7.69. The zero-order chi connectivity index (χ0) is 11.5. The van der Waals surface area contributed by atoms with Crippen LogP contribution in [-0.4, -0.2) is 10.1 Å². The molecule has 0 spiro atoms. The fraction of sp³-hybridized carbons (Fsp3) is 0.250. The summed E-state index contributed by atoms with van der Waals surface area (Å²) in [6, 6.07) is 7.31. The molecule has 16 heavy (non-hydrogen) atoms. The molecule has 0 unspecified atom stereocenters. The minimum absolute atomic E-state index is 0.304. The summed E-state index contributed by atoms with van der Waals surface area (Å²) < 4.78 is 0. The molecule has 1 aromatic heterocycles.